The highest BCUT2D eigenvalue weighted by Crippen LogP contribution is 2.32. The van der Waals surface area contributed by atoms with Crippen LogP contribution in [0.1, 0.15) is 18.9 Å². The first kappa shape index (κ1) is 17.5. The third-order valence-corrected chi connectivity index (χ3v) is 6.62. The first-order chi connectivity index (χ1) is 11.3. The van der Waals surface area contributed by atoms with Crippen LogP contribution >= 0.6 is 34.8 Å². The molecule has 1 aliphatic heterocycles. The van der Waals surface area contributed by atoms with Gasteiger partial charge in [-0.2, -0.15) is 5.10 Å². The van der Waals surface area contributed by atoms with Crippen LogP contribution in [-0.4, -0.2) is 19.4 Å². The average Bonchev–Trinajstić information content (AvgIpc) is 2.48. The van der Waals surface area contributed by atoms with Gasteiger partial charge in [0.15, 0.2) is 9.84 Å². The maximum atomic E-state index is 12.5. The SMILES string of the molecule is CC1CC(=NNc2cc(Cl)cc(Cl)c2)c2cc(Cl)ccc2S1(=O)=O. The van der Waals surface area contributed by atoms with Crippen molar-refractivity contribution < 1.29 is 8.42 Å². The number of hydrogen-bond acceptors (Lipinski definition) is 4. The normalized spacial score (nSPS) is 20.7. The van der Waals surface area contributed by atoms with E-state index >= 15 is 0 Å². The molecule has 0 spiro atoms. The van der Waals surface area contributed by atoms with Crippen molar-refractivity contribution in [1.82, 2.24) is 0 Å². The Morgan fingerprint density at radius 1 is 1.04 bits per heavy atom. The molecule has 1 unspecified atom stereocenters. The zero-order valence-electron chi connectivity index (χ0n) is 12.6. The van der Waals surface area contributed by atoms with Gasteiger partial charge < -0.3 is 0 Å². The van der Waals surface area contributed by atoms with Gasteiger partial charge in [-0.3, -0.25) is 5.43 Å². The summed E-state index contributed by atoms with van der Waals surface area (Å²) >= 11 is 18.0. The van der Waals surface area contributed by atoms with E-state index in [4.69, 9.17) is 34.8 Å². The molecule has 0 aromatic heterocycles. The number of benzene rings is 2. The molecule has 0 amide bonds. The molecule has 4 nitrogen and oxygen atoms in total. The molecule has 0 saturated carbocycles. The molecule has 24 heavy (non-hydrogen) atoms. The quantitative estimate of drug-likeness (QED) is 0.716. The summed E-state index contributed by atoms with van der Waals surface area (Å²) < 4.78 is 24.9. The van der Waals surface area contributed by atoms with Gasteiger partial charge in [0.25, 0.3) is 0 Å². The van der Waals surface area contributed by atoms with Crippen LogP contribution in [0.5, 0.6) is 0 Å². The first-order valence-corrected chi connectivity index (χ1v) is 9.78. The summed E-state index contributed by atoms with van der Waals surface area (Å²) in [6, 6.07) is 9.68. The largest absolute Gasteiger partial charge is 0.278 e. The molecule has 126 valence electrons. The minimum atomic E-state index is -3.38. The standard InChI is InChI=1S/C16H13Cl3N2O2S/c1-9-4-15(21-20-13-6-11(18)5-12(19)7-13)14-8-10(17)2-3-16(14)24(9,22)23/h2-3,5-9,20H,4H2,1H3. The van der Waals surface area contributed by atoms with Crippen LogP contribution in [0.15, 0.2) is 46.4 Å². The maximum absolute atomic E-state index is 12.5. The number of halogens is 3. The Bertz CT molecular complexity index is 922. The molecule has 0 fully saturated rings. The molecule has 1 heterocycles. The molecule has 2 aromatic carbocycles. The fraction of sp³-hybridized carbons (Fsp3) is 0.188. The zero-order chi connectivity index (χ0) is 17.5. The average molecular weight is 404 g/mol. The molecule has 2 aromatic rings. The number of rotatable bonds is 2. The van der Waals surface area contributed by atoms with Crippen molar-refractivity contribution in [2.75, 3.05) is 5.43 Å². The van der Waals surface area contributed by atoms with Crippen LogP contribution in [0.3, 0.4) is 0 Å². The summed E-state index contributed by atoms with van der Waals surface area (Å²) in [5.41, 5.74) is 4.63. The van der Waals surface area contributed by atoms with Crippen molar-refractivity contribution >= 4 is 56.0 Å². The molecular formula is C16H13Cl3N2O2S. The van der Waals surface area contributed by atoms with Crippen molar-refractivity contribution in [2.45, 2.75) is 23.5 Å². The van der Waals surface area contributed by atoms with E-state index in [0.29, 0.717) is 32.0 Å². The smallest absolute Gasteiger partial charge is 0.182 e. The Kier molecular flexibility index (Phi) is 4.80. The van der Waals surface area contributed by atoms with Crippen molar-refractivity contribution in [3.8, 4) is 0 Å². The summed E-state index contributed by atoms with van der Waals surface area (Å²) in [6.45, 7) is 1.67. The Labute approximate surface area is 155 Å². The van der Waals surface area contributed by atoms with Gasteiger partial charge in [0.05, 0.1) is 21.5 Å². The molecule has 0 saturated heterocycles. The summed E-state index contributed by atoms with van der Waals surface area (Å²) in [4.78, 5) is 0.246. The molecular weight excluding hydrogens is 391 g/mol. The lowest BCUT2D eigenvalue weighted by molar-refractivity contribution is 0.582. The van der Waals surface area contributed by atoms with Crippen LogP contribution in [0.2, 0.25) is 15.1 Å². The predicted molar refractivity (Wildman–Crippen MR) is 99.3 cm³/mol. The van der Waals surface area contributed by atoms with Gasteiger partial charge in [-0.15, -0.1) is 0 Å². The number of sulfone groups is 1. The number of nitrogens with one attached hydrogen (secondary N) is 1. The molecule has 0 aliphatic carbocycles. The van der Waals surface area contributed by atoms with E-state index in [2.05, 4.69) is 10.5 Å². The Balaban J connectivity index is 2.03. The van der Waals surface area contributed by atoms with Crippen LogP contribution in [0.25, 0.3) is 0 Å². The second kappa shape index (κ2) is 6.56. The molecule has 1 aliphatic rings. The highest BCUT2D eigenvalue weighted by molar-refractivity contribution is 7.92. The third kappa shape index (κ3) is 3.40. The summed E-state index contributed by atoms with van der Waals surface area (Å²) in [5.74, 6) is 0. The van der Waals surface area contributed by atoms with E-state index in [0.717, 1.165) is 0 Å². The Morgan fingerprint density at radius 2 is 1.71 bits per heavy atom. The van der Waals surface area contributed by atoms with Crippen molar-refractivity contribution in [1.29, 1.82) is 0 Å². The second-order valence-corrected chi connectivity index (χ2v) is 9.17. The minimum absolute atomic E-state index is 0.246. The second-order valence-electron chi connectivity index (χ2n) is 5.53. The Hall–Kier alpha value is -1.27. The van der Waals surface area contributed by atoms with E-state index in [-0.39, 0.29) is 11.3 Å². The summed E-state index contributed by atoms with van der Waals surface area (Å²) in [5, 5.41) is 5.22. The van der Waals surface area contributed by atoms with Gasteiger partial charge in [-0.05, 0) is 43.3 Å². The first-order valence-electron chi connectivity index (χ1n) is 7.10. The number of nitrogens with zero attached hydrogens (tertiary/aromatic N) is 1. The van der Waals surface area contributed by atoms with Gasteiger partial charge >= 0.3 is 0 Å². The lowest BCUT2D eigenvalue weighted by Gasteiger charge is -2.23. The number of anilines is 1. The van der Waals surface area contributed by atoms with Gasteiger partial charge in [0.2, 0.25) is 0 Å². The maximum Gasteiger partial charge on any atom is 0.182 e. The van der Waals surface area contributed by atoms with Crippen LogP contribution in [0, 0.1) is 0 Å². The lowest BCUT2D eigenvalue weighted by atomic mass is 10.1. The minimum Gasteiger partial charge on any atom is -0.278 e. The Morgan fingerprint density at radius 3 is 2.38 bits per heavy atom. The molecule has 1 N–H and O–H groups in total. The molecule has 0 bridgehead atoms. The van der Waals surface area contributed by atoms with E-state index in [1.807, 2.05) is 0 Å². The van der Waals surface area contributed by atoms with E-state index in [1.54, 1.807) is 37.3 Å². The third-order valence-electron chi connectivity index (χ3n) is 3.75. The van der Waals surface area contributed by atoms with Gasteiger partial charge in [-0.25, -0.2) is 8.42 Å². The molecule has 1 atom stereocenters. The fourth-order valence-electron chi connectivity index (χ4n) is 2.54. The van der Waals surface area contributed by atoms with Gasteiger partial charge in [0.1, 0.15) is 0 Å². The molecule has 8 heteroatoms. The fourth-order valence-corrected chi connectivity index (χ4v) is 4.79. The van der Waals surface area contributed by atoms with Gasteiger partial charge in [0, 0.05) is 27.1 Å². The van der Waals surface area contributed by atoms with Crippen molar-refractivity contribution in [3.05, 3.63) is 57.0 Å². The lowest BCUT2D eigenvalue weighted by Crippen LogP contribution is -2.30. The number of hydrogen-bond donors (Lipinski definition) is 1. The highest BCUT2D eigenvalue weighted by Gasteiger charge is 2.34. The van der Waals surface area contributed by atoms with Crippen LogP contribution < -0.4 is 5.43 Å². The molecule has 0 radical (unpaired) electrons. The van der Waals surface area contributed by atoms with E-state index in [9.17, 15) is 8.42 Å². The summed E-state index contributed by atoms with van der Waals surface area (Å²) in [7, 11) is -3.38. The molecule has 3 rings (SSSR count). The monoisotopic (exact) mass is 402 g/mol. The van der Waals surface area contributed by atoms with Crippen LogP contribution in [0.4, 0.5) is 5.69 Å². The topological polar surface area (TPSA) is 58.5 Å². The van der Waals surface area contributed by atoms with Crippen molar-refractivity contribution in [2.24, 2.45) is 5.10 Å². The number of fused-ring (bicyclic) bond motifs is 1. The van der Waals surface area contributed by atoms with E-state index < -0.39 is 15.1 Å². The van der Waals surface area contributed by atoms with Crippen LogP contribution in [-0.2, 0) is 9.84 Å². The summed E-state index contributed by atoms with van der Waals surface area (Å²) in [6.07, 6.45) is 0.289. The van der Waals surface area contributed by atoms with Gasteiger partial charge in [-0.1, -0.05) is 34.8 Å². The zero-order valence-corrected chi connectivity index (χ0v) is 15.6. The predicted octanol–water partition coefficient (Wildman–Crippen LogP) is 5.03. The van der Waals surface area contributed by atoms with E-state index in [1.165, 1.54) is 6.07 Å². The van der Waals surface area contributed by atoms with Crippen molar-refractivity contribution in [3.63, 3.8) is 0 Å². The highest BCUT2D eigenvalue weighted by atomic mass is 35.5. The number of hydrazone groups is 1.